The van der Waals surface area contributed by atoms with Gasteiger partial charge in [-0.3, -0.25) is 19.4 Å². The average molecular weight is 1490 g/mol. The van der Waals surface area contributed by atoms with Gasteiger partial charge in [0.15, 0.2) is 0 Å². The SMILES string of the molecule is CC(C)(C)CCN1CCC2(CCCN(C(N)=O)c3ccccc32)CC1.CCOC(=O)N1CCC(N2CCC3(CCCN(C(C)=O)c4ccccc43)CC2)CC1.CN(C)C(=O)N1CCCC2(CCN(CC3CC4C=CC3C4)CC2)c2ccccc21.CN1C(=O)CCC2(CCN(C3CCCCCC3)CC2)c2ccccc21.[HH]. The number of anilines is 4. The first-order chi connectivity index (χ1) is 52.6. The van der Waals surface area contributed by atoms with Gasteiger partial charge >= 0.3 is 18.2 Å². The van der Waals surface area contributed by atoms with E-state index in [0.29, 0.717) is 24.5 Å². The predicted octanol–water partition coefficient (Wildman–Crippen LogP) is 17.2. The molecule has 7 amide bonds. The molecule has 109 heavy (non-hydrogen) atoms. The first kappa shape index (κ1) is 80.3. The number of carbonyl (C=O) groups excluding carboxylic acids is 5. The van der Waals surface area contributed by atoms with Crippen LogP contribution in [0.5, 0.6) is 0 Å². The zero-order chi connectivity index (χ0) is 76.5. The molecule has 16 rings (SSSR count). The van der Waals surface area contributed by atoms with E-state index in [-0.39, 0.29) is 53.1 Å². The van der Waals surface area contributed by atoms with E-state index in [1.807, 2.05) is 53.7 Å². The van der Waals surface area contributed by atoms with E-state index in [0.717, 1.165) is 170 Å². The number of fused-ring (bicyclic) bond motifs is 10. The van der Waals surface area contributed by atoms with Gasteiger partial charge in [0.1, 0.15) is 0 Å². The van der Waals surface area contributed by atoms with Gasteiger partial charge in [-0.25, -0.2) is 14.4 Å². The maximum atomic E-state index is 12.8. The molecule has 4 aromatic carbocycles. The van der Waals surface area contributed by atoms with Gasteiger partial charge in [-0.1, -0.05) is 131 Å². The first-order valence-electron chi connectivity index (χ1n) is 43.1. The molecule has 4 aromatic rings. The molecule has 12 aliphatic rings. The Balaban J connectivity index is 0.000000137. The Hall–Kier alpha value is -6.79. The number of piperidine rings is 5. The molecule has 4 spiro atoms. The molecular weight excluding hydrogens is 1360 g/mol. The van der Waals surface area contributed by atoms with Gasteiger partial charge < -0.3 is 49.7 Å². The topological polar surface area (TPSA) is 153 Å². The van der Waals surface area contributed by atoms with E-state index in [1.54, 1.807) is 16.7 Å². The minimum Gasteiger partial charge on any atom is -0.450 e. The first-order valence-corrected chi connectivity index (χ1v) is 43.1. The molecule has 596 valence electrons. The van der Waals surface area contributed by atoms with Crippen LogP contribution in [0.25, 0.3) is 0 Å². The van der Waals surface area contributed by atoms with Crippen molar-refractivity contribution in [3.63, 3.8) is 0 Å². The predicted molar refractivity (Wildman–Crippen MR) is 445 cm³/mol. The highest BCUT2D eigenvalue weighted by atomic mass is 16.6. The lowest BCUT2D eigenvalue weighted by molar-refractivity contribution is -0.118. The molecule has 7 fully saturated rings. The van der Waals surface area contributed by atoms with Gasteiger partial charge in [0, 0.05) is 115 Å². The van der Waals surface area contributed by atoms with Gasteiger partial charge in [-0.05, 0) is 293 Å². The minimum absolute atomic E-state index is 0. The highest BCUT2D eigenvalue weighted by Crippen LogP contribution is 2.52. The molecule has 2 N–H and O–H groups in total. The van der Waals surface area contributed by atoms with E-state index >= 15 is 0 Å². The van der Waals surface area contributed by atoms with Crippen LogP contribution in [0.2, 0.25) is 0 Å². The van der Waals surface area contributed by atoms with Crippen molar-refractivity contribution < 1.29 is 30.1 Å². The molecule has 0 aromatic heterocycles. The van der Waals surface area contributed by atoms with Crippen LogP contribution >= 0.6 is 0 Å². The second-order valence-electron chi connectivity index (χ2n) is 36.6. The van der Waals surface area contributed by atoms with Gasteiger partial charge in [0.25, 0.3) is 0 Å². The third-order valence-corrected chi connectivity index (χ3v) is 28.8. The number of likely N-dealkylation sites (tertiary alicyclic amines) is 5. The molecule has 0 radical (unpaired) electrons. The Morgan fingerprint density at radius 1 is 0.514 bits per heavy atom. The van der Waals surface area contributed by atoms with Crippen LogP contribution < -0.4 is 25.3 Å². The third-order valence-electron chi connectivity index (χ3n) is 28.8. The van der Waals surface area contributed by atoms with Gasteiger partial charge in [-0.15, -0.1) is 0 Å². The standard InChI is InChI=1S/C25H35N3O.C24H35N3O3.C22H32N2O.C21H33N3O.H2/c1-26(2)24(29)28-13-5-10-25(22-6-3-4-7-23(22)28)11-14-27(15-12-25)18-21-17-19-8-9-20(21)16-19;1-3-30-23(29)26-15-9-20(10-16-26)25-17-12-24(13-18-25)11-6-14-27(19(2)28)22-8-5-4-7-21(22)24;1-23-20-11-7-6-10-19(20)22(13-12-21(23)25)14-16-24(17-15-22)18-8-4-2-3-5-9-18;1-20(2,3)10-14-23-15-11-21(12-16-23)9-6-13-24(19(22)25)18-8-5-4-7-17(18)21;/h3-4,6-9,19-21H,5,10-18H2,1-2H3;4-5,7-8,20H,3,6,9-18H2,1-2H3;6-7,10-11,18H,2-5,8-9,12-17H2,1H3;4-5,7-8H,6,9-16H2,1-3H3,(H2,22,25);1H. The van der Waals surface area contributed by atoms with Crippen LogP contribution in [-0.4, -0.2) is 197 Å². The molecule has 9 aliphatic heterocycles. The lowest BCUT2D eigenvalue weighted by Crippen LogP contribution is -2.51. The Bertz CT molecular complexity index is 3750. The van der Waals surface area contributed by atoms with Crippen molar-refractivity contribution in [2.45, 2.75) is 242 Å². The van der Waals surface area contributed by atoms with E-state index in [2.05, 4.69) is 144 Å². The summed E-state index contributed by atoms with van der Waals surface area (Å²) in [5.41, 5.74) is 16.9. The van der Waals surface area contributed by atoms with E-state index in [1.165, 1.54) is 164 Å². The second kappa shape index (κ2) is 35.5. The molecule has 3 unspecified atom stereocenters. The number of hydrogen-bond donors (Lipinski definition) is 1. The van der Waals surface area contributed by atoms with Crippen LogP contribution in [0.1, 0.15) is 232 Å². The Kier molecular flexibility index (Phi) is 26.1. The molecule has 9 heterocycles. The fourth-order valence-electron chi connectivity index (χ4n) is 22.2. The number of nitrogens with zero attached hydrogens (tertiary/aromatic N) is 10. The van der Waals surface area contributed by atoms with Gasteiger partial charge in [0.05, 0.1) is 6.61 Å². The number of primary amides is 1. The van der Waals surface area contributed by atoms with Crippen molar-refractivity contribution in [3.05, 3.63) is 131 Å². The quantitative estimate of drug-likeness (QED) is 0.140. The van der Waals surface area contributed by atoms with Crippen LogP contribution in [0.4, 0.5) is 37.1 Å². The number of ether oxygens (including phenoxy) is 1. The number of nitrogens with two attached hydrogens (primary N) is 1. The number of allylic oxidation sites excluding steroid dienone is 2. The van der Waals surface area contributed by atoms with Crippen LogP contribution in [0.15, 0.2) is 109 Å². The Labute approximate surface area is 656 Å². The maximum Gasteiger partial charge on any atom is 0.409 e. The number of para-hydroxylation sites is 4. The largest absolute Gasteiger partial charge is 0.450 e. The molecule has 3 aliphatic carbocycles. The summed E-state index contributed by atoms with van der Waals surface area (Å²) < 4.78 is 5.15. The summed E-state index contributed by atoms with van der Waals surface area (Å²) >= 11 is 0. The van der Waals surface area contributed by atoms with Crippen molar-refractivity contribution in [1.29, 1.82) is 0 Å². The summed E-state index contributed by atoms with van der Waals surface area (Å²) in [6.45, 7) is 26.7. The van der Waals surface area contributed by atoms with E-state index < -0.39 is 0 Å². The van der Waals surface area contributed by atoms with Gasteiger partial charge in [0.2, 0.25) is 11.8 Å². The average Bonchev–Trinajstić information content (AvgIpc) is 1.48. The molecular formula is C92H137N11O6. The van der Waals surface area contributed by atoms with Crippen molar-refractivity contribution in [1.82, 2.24) is 29.4 Å². The monoisotopic (exact) mass is 1490 g/mol. The summed E-state index contributed by atoms with van der Waals surface area (Å²) in [6, 6.07) is 35.5. The maximum absolute atomic E-state index is 12.8. The Morgan fingerprint density at radius 3 is 1.42 bits per heavy atom. The minimum atomic E-state index is -0.327. The number of hydrogen-bond acceptors (Lipinski definition) is 10. The van der Waals surface area contributed by atoms with E-state index in [9.17, 15) is 24.0 Å². The van der Waals surface area contributed by atoms with Crippen molar-refractivity contribution in [2.75, 3.05) is 146 Å². The fraction of sp³-hybridized carbons (Fsp3) is 0.663. The van der Waals surface area contributed by atoms with E-state index in [4.69, 9.17) is 10.5 Å². The number of carbonyl (C=O) groups is 5. The summed E-state index contributed by atoms with van der Waals surface area (Å²) in [7, 11) is 5.66. The molecule has 5 saturated heterocycles. The zero-order valence-electron chi connectivity index (χ0n) is 68.2. The number of benzene rings is 4. The summed E-state index contributed by atoms with van der Waals surface area (Å²) in [6.07, 6.45) is 37.3. The fourth-order valence-corrected chi connectivity index (χ4v) is 22.2. The summed E-state index contributed by atoms with van der Waals surface area (Å²) in [5.74, 6) is 3.02. The van der Waals surface area contributed by atoms with Crippen LogP contribution in [0.3, 0.4) is 0 Å². The number of amides is 7. The second-order valence-corrected chi connectivity index (χ2v) is 36.6. The van der Waals surface area contributed by atoms with Crippen molar-refractivity contribution >= 4 is 52.7 Å². The lowest BCUT2D eigenvalue weighted by atomic mass is 9.69. The molecule has 2 bridgehead atoms. The normalized spacial score (nSPS) is 24.9. The summed E-state index contributed by atoms with van der Waals surface area (Å²) in [4.78, 5) is 83.4. The molecule has 2 saturated carbocycles. The van der Waals surface area contributed by atoms with Crippen LogP contribution in [0, 0.1) is 23.2 Å². The van der Waals surface area contributed by atoms with Crippen molar-refractivity contribution in [3.8, 4) is 0 Å². The lowest BCUT2D eigenvalue weighted by Gasteiger charge is -2.46. The molecule has 3 atom stereocenters. The molecule has 17 heteroatoms. The van der Waals surface area contributed by atoms with Gasteiger partial charge in [-0.2, -0.15) is 0 Å². The third kappa shape index (κ3) is 18.3. The summed E-state index contributed by atoms with van der Waals surface area (Å²) in [5, 5.41) is 0. The van der Waals surface area contributed by atoms with Crippen molar-refractivity contribution in [2.24, 2.45) is 28.9 Å². The number of urea groups is 2. The van der Waals surface area contributed by atoms with Crippen LogP contribution in [-0.2, 0) is 36.0 Å². The highest BCUT2D eigenvalue weighted by molar-refractivity contribution is 5.96. The zero-order valence-corrected chi connectivity index (χ0v) is 68.2. The smallest absolute Gasteiger partial charge is 0.409 e. The number of rotatable bonds is 7. The Morgan fingerprint density at radius 2 is 0.954 bits per heavy atom. The molecule has 17 nitrogen and oxygen atoms in total. The highest BCUT2D eigenvalue weighted by Gasteiger charge is 2.47.